The highest BCUT2D eigenvalue weighted by Crippen LogP contribution is 2.36. The molecule has 0 bridgehead atoms. The number of hydrogen-bond donors (Lipinski definition) is 0. The van der Waals surface area contributed by atoms with Gasteiger partial charge in [-0.05, 0) is 25.2 Å². The van der Waals surface area contributed by atoms with Crippen LogP contribution in [0.1, 0.15) is 58.8 Å². The van der Waals surface area contributed by atoms with E-state index in [1.165, 1.54) is 49.4 Å². The first kappa shape index (κ1) is 13.8. The molecule has 1 fully saturated rings. The zero-order chi connectivity index (χ0) is 11.1. The van der Waals surface area contributed by atoms with E-state index < -0.39 is 0 Å². The fourth-order valence-corrected chi connectivity index (χ4v) is 3.46. The molecule has 2 heteroatoms. The average molecular weight is 324 g/mol. The van der Waals surface area contributed by atoms with Crippen molar-refractivity contribution in [2.24, 2.45) is 5.92 Å². The standard InChI is InChI=1S/C13H25IO/c1-3-4-5-9-15-13(11-14)8-6-7-12(2)10-13/h12H,3-11H2,1-2H3. The minimum absolute atomic E-state index is 0.228. The Labute approximate surface area is 108 Å². The number of unbranched alkanes of at least 4 members (excludes halogenated alkanes) is 2. The molecule has 2 unspecified atom stereocenters. The Morgan fingerprint density at radius 1 is 1.40 bits per heavy atom. The van der Waals surface area contributed by atoms with Gasteiger partial charge >= 0.3 is 0 Å². The molecule has 0 aromatic carbocycles. The zero-order valence-corrected chi connectivity index (χ0v) is 12.4. The second-order valence-electron chi connectivity index (χ2n) is 5.07. The summed E-state index contributed by atoms with van der Waals surface area (Å²) in [6, 6.07) is 0. The Hall–Kier alpha value is 0.690. The van der Waals surface area contributed by atoms with Crippen LogP contribution < -0.4 is 0 Å². The predicted octanol–water partition coefficient (Wildman–Crippen LogP) is 4.58. The highest BCUT2D eigenvalue weighted by Gasteiger charge is 2.34. The van der Waals surface area contributed by atoms with Crippen molar-refractivity contribution in [3.05, 3.63) is 0 Å². The molecule has 0 spiro atoms. The van der Waals surface area contributed by atoms with Crippen LogP contribution in [0, 0.1) is 5.92 Å². The molecule has 1 aliphatic carbocycles. The van der Waals surface area contributed by atoms with Crippen LogP contribution in [0.5, 0.6) is 0 Å². The minimum atomic E-state index is 0.228. The number of hydrogen-bond acceptors (Lipinski definition) is 1. The van der Waals surface area contributed by atoms with Crippen LogP contribution in [0.15, 0.2) is 0 Å². The average Bonchev–Trinajstić information content (AvgIpc) is 2.25. The Bertz CT molecular complexity index is 172. The van der Waals surface area contributed by atoms with Gasteiger partial charge in [0.05, 0.1) is 5.60 Å². The van der Waals surface area contributed by atoms with Crippen molar-refractivity contribution in [1.82, 2.24) is 0 Å². The Morgan fingerprint density at radius 3 is 2.80 bits per heavy atom. The van der Waals surface area contributed by atoms with Gasteiger partial charge in [-0.1, -0.05) is 62.1 Å². The molecule has 90 valence electrons. The van der Waals surface area contributed by atoms with Crippen molar-refractivity contribution in [3.8, 4) is 0 Å². The van der Waals surface area contributed by atoms with Gasteiger partial charge < -0.3 is 4.74 Å². The van der Waals surface area contributed by atoms with E-state index in [4.69, 9.17) is 4.74 Å². The van der Waals surface area contributed by atoms with Crippen molar-refractivity contribution in [2.45, 2.75) is 64.4 Å². The van der Waals surface area contributed by atoms with E-state index in [0.29, 0.717) is 0 Å². The summed E-state index contributed by atoms with van der Waals surface area (Å²) >= 11 is 2.51. The summed E-state index contributed by atoms with van der Waals surface area (Å²) in [5, 5.41) is 0. The smallest absolute Gasteiger partial charge is 0.0774 e. The lowest BCUT2D eigenvalue weighted by Gasteiger charge is -2.38. The first-order valence-corrected chi connectivity index (χ1v) is 7.95. The van der Waals surface area contributed by atoms with Crippen LogP contribution in [0.3, 0.4) is 0 Å². The van der Waals surface area contributed by atoms with E-state index in [-0.39, 0.29) is 5.60 Å². The monoisotopic (exact) mass is 324 g/mol. The number of ether oxygens (including phenoxy) is 1. The van der Waals surface area contributed by atoms with E-state index in [2.05, 4.69) is 36.4 Å². The van der Waals surface area contributed by atoms with Crippen LogP contribution in [0.25, 0.3) is 0 Å². The molecule has 0 saturated heterocycles. The summed E-state index contributed by atoms with van der Waals surface area (Å²) in [6.07, 6.45) is 9.16. The predicted molar refractivity (Wildman–Crippen MR) is 74.7 cm³/mol. The Kier molecular flexibility index (Phi) is 6.51. The van der Waals surface area contributed by atoms with Crippen LogP contribution in [-0.4, -0.2) is 16.6 Å². The summed E-state index contributed by atoms with van der Waals surface area (Å²) in [6.45, 7) is 5.59. The summed E-state index contributed by atoms with van der Waals surface area (Å²) in [5.41, 5.74) is 0.228. The highest BCUT2D eigenvalue weighted by atomic mass is 127. The second-order valence-corrected chi connectivity index (χ2v) is 5.84. The van der Waals surface area contributed by atoms with E-state index in [0.717, 1.165) is 12.5 Å². The first-order chi connectivity index (χ1) is 7.22. The van der Waals surface area contributed by atoms with Gasteiger partial charge in [-0.2, -0.15) is 0 Å². The topological polar surface area (TPSA) is 9.23 Å². The summed E-state index contributed by atoms with van der Waals surface area (Å²) in [5.74, 6) is 0.861. The lowest BCUT2D eigenvalue weighted by molar-refractivity contribution is -0.0628. The molecule has 1 rings (SSSR count). The van der Waals surface area contributed by atoms with Gasteiger partial charge in [0, 0.05) is 11.0 Å². The largest absolute Gasteiger partial charge is 0.374 e. The maximum absolute atomic E-state index is 6.18. The lowest BCUT2D eigenvalue weighted by Crippen LogP contribution is -2.39. The fourth-order valence-electron chi connectivity index (χ4n) is 2.54. The van der Waals surface area contributed by atoms with Gasteiger partial charge in [0.2, 0.25) is 0 Å². The van der Waals surface area contributed by atoms with Crippen molar-refractivity contribution in [3.63, 3.8) is 0 Å². The van der Waals surface area contributed by atoms with E-state index in [1.807, 2.05) is 0 Å². The fraction of sp³-hybridized carbons (Fsp3) is 1.00. The lowest BCUT2D eigenvalue weighted by atomic mass is 9.80. The first-order valence-electron chi connectivity index (χ1n) is 6.42. The van der Waals surface area contributed by atoms with Crippen LogP contribution in [-0.2, 0) is 4.74 Å². The maximum atomic E-state index is 6.18. The molecule has 0 amide bonds. The molecule has 0 radical (unpaired) electrons. The van der Waals surface area contributed by atoms with Gasteiger partial charge in [-0.15, -0.1) is 0 Å². The molecule has 0 aliphatic heterocycles. The third-order valence-electron chi connectivity index (χ3n) is 3.45. The molecule has 0 N–H and O–H groups in total. The second kappa shape index (κ2) is 7.10. The molecule has 0 aromatic rings. The third kappa shape index (κ3) is 4.59. The van der Waals surface area contributed by atoms with Crippen molar-refractivity contribution < 1.29 is 4.74 Å². The van der Waals surface area contributed by atoms with Crippen LogP contribution in [0.2, 0.25) is 0 Å². The Morgan fingerprint density at radius 2 is 2.20 bits per heavy atom. The SMILES string of the molecule is CCCCCOC1(CI)CCCC(C)C1. The number of alkyl halides is 1. The number of rotatable bonds is 6. The van der Waals surface area contributed by atoms with Crippen LogP contribution >= 0.6 is 22.6 Å². The molecule has 1 saturated carbocycles. The molecule has 1 aliphatic rings. The van der Waals surface area contributed by atoms with Crippen LogP contribution in [0.4, 0.5) is 0 Å². The van der Waals surface area contributed by atoms with Crippen molar-refractivity contribution in [2.75, 3.05) is 11.0 Å². The van der Waals surface area contributed by atoms with E-state index >= 15 is 0 Å². The normalized spacial score (nSPS) is 31.8. The van der Waals surface area contributed by atoms with Gasteiger partial charge in [0.15, 0.2) is 0 Å². The molecule has 2 atom stereocenters. The van der Waals surface area contributed by atoms with E-state index in [1.54, 1.807) is 0 Å². The summed E-state index contributed by atoms with van der Waals surface area (Å²) in [4.78, 5) is 0. The van der Waals surface area contributed by atoms with Gasteiger partial charge in [0.1, 0.15) is 0 Å². The van der Waals surface area contributed by atoms with Crippen molar-refractivity contribution >= 4 is 22.6 Å². The highest BCUT2D eigenvalue weighted by molar-refractivity contribution is 14.1. The summed E-state index contributed by atoms with van der Waals surface area (Å²) < 4.78 is 7.35. The molecule has 0 heterocycles. The molecule has 0 aromatic heterocycles. The van der Waals surface area contributed by atoms with E-state index in [9.17, 15) is 0 Å². The Balaban J connectivity index is 2.31. The molecule has 15 heavy (non-hydrogen) atoms. The van der Waals surface area contributed by atoms with Gasteiger partial charge in [-0.3, -0.25) is 0 Å². The van der Waals surface area contributed by atoms with Crippen molar-refractivity contribution in [1.29, 1.82) is 0 Å². The number of halogens is 1. The third-order valence-corrected chi connectivity index (χ3v) is 4.84. The minimum Gasteiger partial charge on any atom is -0.374 e. The molecular weight excluding hydrogens is 299 g/mol. The van der Waals surface area contributed by atoms with Gasteiger partial charge in [0.25, 0.3) is 0 Å². The maximum Gasteiger partial charge on any atom is 0.0774 e. The summed E-state index contributed by atoms with van der Waals surface area (Å²) in [7, 11) is 0. The quantitative estimate of drug-likeness (QED) is 0.395. The zero-order valence-electron chi connectivity index (χ0n) is 10.2. The molecule has 1 nitrogen and oxygen atoms in total. The van der Waals surface area contributed by atoms with Gasteiger partial charge in [-0.25, -0.2) is 0 Å². The molecular formula is C13H25IO.